The lowest BCUT2D eigenvalue weighted by molar-refractivity contribution is -0.255. The Morgan fingerprint density at radius 2 is 1.60 bits per heavy atom. The van der Waals surface area contributed by atoms with Gasteiger partial charge in [0.25, 0.3) is 5.91 Å². The number of carboxylic acid groups (broad SMARTS) is 1. The fourth-order valence-electron chi connectivity index (χ4n) is 5.08. The number of benzene rings is 3. The van der Waals surface area contributed by atoms with E-state index in [0.29, 0.717) is 5.56 Å². The Morgan fingerprint density at radius 1 is 0.976 bits per heavy atom. The van der Waals surface area contributed by atoms with Gasteiger partial charge in [-0.15, -0.1) is 0 Å². The molecule has 11 heteroatoms. The van der Waals surface area contributed by atoms with Gasteiger partial charge in [-0.3, -0.25) is 9.36 Å². The molecule has 1 aliphatic rings. The molecule has 1 aromatic heterocycles. The van der Waals surface area contributed by atoms with E-state index in [1.807, 2.05) is 0 Å². The Morgan fingerprint density at radius 3 is 2.24 bits per heavy atom. The molecule has 4 aromatic rings. The number of nitrogens with one attached hydrogen (secondary N) is 1. The number of hydrogen-bond acceptors (Lipinski definition) is 8. The summed E-state index contributed by atoms with van der Waals surface area (Å²) in [7, 11) is 0. The summed E-state index contributed by atoms with van der Waals surface area (Å²) in [5.74, 6) is -4.05. The smallest absolute Gasteiger partial charge is 0.351 e. The van der Waals surface area contributed by atoms with E-state index in [1.165, 1.54) is 43.5 Å². The lowest BCUT2D eigenvalue weighted by Gasteiger charge is -2.30. The number of nitrogens with zero attached hydrogens (tertiary/aromatic N) is 2. The van der Waals surface area contributed by atoms with Crippen LogP contribution < -0.4 is 16.1 Å². The van der Waals surface area contributed by atoms with E-state index in [-0.39, 0.29) is 22.5 Å². The molecule has 1 saturated heterocycles. The van der Waals surface area contributed by atoms with Crippen molar-refractivity contribution in [2.45, 2.75) is 30.8 Å². The van der Waals surface area contributed by atoms with Crippen LogP contribution in [0.15, 0.2) is 102 Å². The molecule has 1 amide bonds. The van der Waals surface area contributed by atoms with Crippen LogP contribution in [-0.4, -0.2) is 45.8 Å². The first-order chi connectivity index (χ1) is 20.2. The molecule has 1 N–H and O–H groups in total. The number of aromatic carboxylic acids is 1. The molecular formula is C31H25FN3O7-. The van der Waals surface area contributed by atoms with Crippen LogP contribution in [0.5, 0.6) is 0 Å². The Kier molecular flexibility index (Phi) is 7.94. The molecule has 0 saturated carbocycles. The van der Waals surface area contributed by atoms with Crippen LogP contribution in [0.2, 0.25) is 0 Å². The maximum Gasteiger partial charge on any atom is 0.351 e. The first kappa shape index (κ1) is 28.4. The Bertz CT molecular complexity index is 1670. The molecule has 42 heavy (non-hydrogen) atoms. The monoisotopic (exact) mass is 570 g/mol. The summed E-state index contributed by atoms with van der Waals surface area (Å²) in [5, 5.41) is 14.4. The summed E-state index contributed by atoms with van der Waals surface area (Å²) in [4.78, 5) is 54.0. The number of anilines is 1. The number of amides is 1. The van der Waals surface area contributed by atoms with Gasteiger partial charge in [-0.2, -0.15) is 4.98 Å². The number of esters is 1. The average Bonchev–Trinajstić information content (AvgIpc) is 3.26. The second-order valence-corrected chi connectivity index (χ2v) is 9.82. The second-order valence-electron chi connectivity index (χ2n) is 9.82. The number of rotatable bonds is 8. The minimum absolute atomic E-state index is 0.0542. The van der Waals surface area contributed by atoms with E-state index in [4.69, 9.17) is 9.47 Å². The lowest BCUT2D eigenvalue weighted by atomic mass is 9.80. The van der Waals surface area contributed by atoms with E-state index < -0.39 is 54.1 Å². The van der Waals surface area contributed by atoms with Crippen LogP contribution in [0, 0.1) is 0 Å². The second kappa shape index (κ2) is 11.8. The molecule has 0 unspecified atom stereocenters. The Hall–Kier alpha value is -5.16. The van der Waals surface area contributed by atoms with Crippen molar-refractivity contribution in [3.63, 3.8) is 0 Å². The van der Waals surface area contributed by atoms with Gasteiger partial charge in [0.2, 0.25) is 0 Å². The van der Waals surface area contributed by atoms with Gasteiger partial charge in [0.1, 0.15) is 18.5 Å². The summed E-state index contributed by atoms with van der Waals surface area (Å²) in [6.07, 6.45) is -1.56. The number of ether oxygens (including phenoxy) is 2. The highest BCUT2D eigenvalue weighted by molar-refractivity contribution is 6.03. The van der Waals surface area contributed by atoms with Crippen molar-refractivity contribution < 1.29 is 33.4 Å². The predicted octanol–water partition coefficient (Wildman–Crippen LogP) is 3.13. The maximum atomic E-state index is 16.8. The van der Waals surface area contributed by atoms with Crippen LogP contribution in [0.4, 0.5) is 10.2 Å². The molecule has 4 atom stereocenters. The first-order valence-electron chi connectivity index (χ1n) is 13.0. The largest absolute Gasteiger partial charge is 0.545 e. The van der Waals surface area contributed by atoms with Gasteiger partial charge in [0.05, 0.1) is 17.5 Å². The number of carbonyl (C=O) groups is 3. The molecular weight excluding hydrogens is 545 g/mol. The number of alkyl halides is 1. The van der Waals surface area contributed by atoms with Crippen molar-refractivity contribution in [3.05, 3.63) is 130 Å². The molecule has 1 aliphatic heterocycles. The highest BCUT2D eigenvalue weighted by Gasteiger charge is 2.57. The lowest BCUT2D eigenvalue weighted by Crippen LogP contribution is -2.39. The van der Waals surface area contributed by atoms with Gasteiger partial charge in [0.15, 0.2) is 11.9 Å². The Balaban J connectivity index is 1.46. The number of carbonyl (C=O) groups excluding carboxylic acids is 3. The molecule has 5 rings (SSSR count). The molecule has 10 nitrogen and oxygen atoms in total. The zero-order valence-electron chi connectivity index (χ0n) is 22.3. The number of halogens is 1. The summed E-state index contributed by atoms with van der Waals surface area (Å²) in [6.45, 7) is 0.730. The number of carboxylic acids is 1. The molecule has 0 spiro atoms. The van der Waals surface area contributed by atoms with E-state index >= 15 is 4.39 Å². The maximum absolute atomic E-state index is 16.8. The van der Waals surface area contributed by atoms with Gasteiger partial charge in [-0.1, -0.05) is 60.7 Å². The van der Waals surface area contributed by atoms with Crippen LogP contribution in [0.3, 0.4) is 0 Å². The third-order valence-electron chi connectivity index (χ3n) is 7.03. The van der Waals surface area contributed by atoms with Crippen molar-refractivity contribution in [1.82, 2.24) is 9.55 Å². The fourth-order valence-corrected chi connectivity index (χ4v) is 5.08. The van der Waals surface area contributed by atoms with Crippen LogP contribution in [-0.2, 0) is 9.47 Å². The molecule has 0 radical (unpaired) electrons. The van der Waals surface area contributed by atoms with Crippen molar-refractivity contribution in [2.24, 2.45) is 0 Å². The quantitative estimate of drug-likeness (QED) is 0.319. The minimum atomic E-state index is -2.39. The van der Waals surface area contributed by atoms with Crippen molar-refractivity contribution in [3.8, 4) is 0 Å². The van der Waals surface area contributed by atoms with E-state index in [0.717, 1.165) is 4.57 Å². The summed E-state index contributed by atoms with van der Waals surface area (Å²) in [6, 6.07) is 23.5. The standard InChI is InChI=1S/C31H26FN3O7/c1-31(32)25(21-14-8-9-15-22(21)27(37)38)23(18-41-28(39)20-12-6-3-7-13-20)42-29(31)35-17-16-24(34-30(35)40)33-26(36)19-10-4-2-5-11-19/h2-17,23,25,29H,18H2,1H3,(H,37,38)(H,33,34,36,40)/p-1/t23-,25-,29+,31+/m0/s1. The van der Waals surface area contributed by atoms with Crippen molar-refractivity contribution >= 4 is 23.7 Å². The van der Waals surface area contributed by atoms with Crippen LogP contribution in [0.25, 0.3) is 0 Å². The molecule has 214 valence electrons. The summed E-state index contributed by atoms with van der Waals surface area (Å²) < 4.78 is 29.2. The van der Waals surface area contributed by atoms with Gasteiger partial charge in [0, 0.05) is 17.3 Å². The fraction of sp³-hybridized carbons (Fsp3) is 0.194. The zero-order valence-corrected chi connectivity index (χ0v) is 22.3. The number of hydrogen-bond donors (Lipinski definition) is 1. The Labute approximate surface area is 239 Å². The molecule has 0 aliphatic carbocycles. The van der Waals surface area contributed by atoms with Crippen LogP contribution >= 0.6 is 0 Å². The highest BCUT2D eigenvalue weighted by Crippen LogP contribution is 2.51. The third-order valence-corrected chi connectivity index (χ3v) is 7.03. The molecule has 0 bridgehead atoms. The van der Waals surface area contributed by atoms with Crippen molar-refractivity contribution in [1.29, 1.82) is 0 Å². The van der Waals surface area contributed by atoms with E-state index in [9.17, 15) is 24.3 Å². The number of aromatic nitrogens is 2. The molecule has 3 aromatic carbocycles. The zero-order chi connectivity index (χ0) is 29.9. The summed E-state index contributed by atoms with van der Waals surface area (Å²) in [5.41, 5.74) is -2.92. The third kappa shape index (κ3) is 5.68. The molecule has 2 heterocycles. The van der Waals surface area contributed by atoms with Gasteiger partial charge in [-0.05, 0) is 42.8 Å². The first-order valence-corrected chi connectivity index (χ1v) is 13.0. The topological polar surface area (TPSA) is 140 Å². The normalized spacial score (nSPS) is 21.4. The summed E-state index contributed by atoms with van der Waals surface area (Å²) >= 11 is 0. The van der Waals surface area contributed by atoms with Gasteiger partial charge < -0.3 is 24.7 Å². The average molecular weight is 571 g/mol. The van der Waals surface area contributed by atoms with Crippen LogP contribution in [0.1, 0.15) is 55.7 Å². The van der Waals surface area contributed by atoms with E-state index in [2.05, 4.69) is 10.3 Å². The van der Waals surface area contributed by atoms with Crippen molar-refractivity contribution in [2.75, 3.05) is 11.9 Å². The molecule has 1 fully saturated rings. The predicted molar refractivity (Wildman–Crippen MR) is 147 cm³/mol. The highest BCUT2D eigenvalue weighted by atomic mass is 19.1. The SMILES string of the molecule is C[C@@]1(F)[C@@H](c2ccccc2C(=O)[O-])[C@H](COC(=O)c2ccccc2)O[C@H]1n1ccc(NC(=O)c2ccccc2)nc1=O. The van der Waals surface area contributed by atoms with Gasteiger partial charge >= 0.3 is 11.7 Å². The van der Waals surface area contributed by atoms with E-state index in [1.54, 1.807) is 60.7 Å². The minimum Gasteiger partial charge on any atom is -0.545 e. The van der Waals surface area contributed by atoms with Gasteiger partial charge in [-0.25, -0.2) is 14.0 Å².